The van der Waals surface area contributed by atoms with Gasteiger partial charge < -0.3 is 10.2 Å². The minimum absolute atomic E-state index is 0.221. The number of aromatic hydroxyl groups is 2. The van der Waals surface area contributed by atoms with E-state index in [2.05, 4.69) is 31.2 Å². The molecule has 2 N–H and O–H groups in total. The Morgan fingerprint density at radius 2 is 1.56 bits per heavy atom. The number of fused-ring (bicyclic) bond motifs is 1. The van der Waals surface area contributed by atoms with Crippen molar-refractivity contribution in [3.63, 3.8) is 0 Å². The van der Waals surface area contributed by atoms with Crippen molar-refractivity contribution in [2.75, 3.05) is 0 Å². The first-order valence-electron chi connectivity index (χ1n) is 8.86. The Hall–Kier alpha value is -2.74. The fourth-order valence-electron chi connectivity index (χ4n) is 4.24. The second-order valence-corrected chi connectivity index (χ2v) is 6.82. The van der Waals surface area contributed by atoms with Crippen molar-refractivity contribution in [2.45, 2.75) is 31.6 Å². The molecular formula is C23H22O2. The summed E-state index contributed by atoms with van der Waals surface area (Å²) in [5, 5.41) is 19.9. The van der Waals surface area contributed by atoms with Gasteiger partial charge in [-0.05, 0) is 70.8 Å². The third-order valence-electron chi connectivity index (χ3n) is 5.38. The lowest BCUT2D eigenvalue weighted by Gasteiger charge is -2.22. The quantitative estimate of drug-likeness (QED) is 0.699. The predicted molar refractivity (Wildman–Crippen MR) is 100 cm³/mol. The zero-order chi connectivity index (χ0) is 17.4. The summed E-state index contributed by atoms with van der Waals surface area (Å²) in [5.41, 5.74) is 6.34. The maximum absolute atomic E-state index is 10.2. The van der Waals surface area contributed by atoms with E-state index in [9.17, 15) is 10.2 Å². The van der Waals surface area contributed by atoms with Crippen LogP contribution >= 0.6 is 0 Å². The molecule has 0 aromatic heterocycles. The molecule has 3 aromatic carbocycles. The summed E-state index contributed by atoms with van der Waals surface area (Å²) in [4.78, 5) is 0. The predicted octanol–water partition coefficient (Wildman–Crippen LogP) is 5.13. The van der Waals surface area contributed by atoms with Crippen LogP contribution in [0.25, 0.3) is 0 Å². The molecule has 4 rings (SSSR count). The van der Waals surface area contributed by atoms with Crippen molar-refractivity contribution in [1.29, 1.82) is 0 Å². The zero-order valence-corrected chi connectivity index (χ0v) is 14.3. The van der Waals surface area contributed by atoms with Crippen molar-refractivity contribution < 1.29 is 10.2 Å². The maximum atomic E-state index is 10.2. The van der Waals surface area contributed by atoms with E-state index in [0.717, 1.165) is 12.8 Å². The van der Waals surface area contributed by atoms with Gasteiger partial charge in [0.2, 0.25) is 0 Å². The van der Waals surface area contributed by atoms with Crippen molar-refractivity contribution in [3.05, 3.63) is 94.5 Å². The van der Waals surface area contributed by atoms with Gasteiger partial charge in [-0.25, -0.2) is 0 Å². The molecule has 2 unspecified atom stereocenters. The molecule has 1 aliphatic carbocycles. The lowest BCUT2D eigenvalue weighted by atomic mass is 9.82. The molecule has 2 heteroatoms. The highest BCUT2D eigenvalue weighted by atomic mass is 16.3. The zero-order valence-electron chi connectivity index (χ0n) is 14.3. The van der Waals surface area contributed by atoms with Crippen LogP contribution in [0.4, 0.5) is 0 Å². The van der Waals surface area contributed by atoms with E-state index >= 15 is 0 Å². The van der Waals surface area contributed by atoms with Gasteiger partial charge in [0.15, 0.2) is 0 Å². The SMILES string of the molecule is CCc1cc(O)cc2c1CC(c1ccc(O)cc1)C2c1ccccc1. The number of rotatable bonds is 3. The maximum Gasteiger partial charge on any atom is 0.116 e. The van der Waals surface area contributed by atoms with E-state index in [1.54, 1.807) is 12.1 Å². The van der Waals surface area contributed by atoms with E-state index < -0.39 is 0 Å². The molecule has 0 saturated heterocycles. The molecule has 25 heavy (non-hydrogen) atoms. The van der Waals surface area contributed by atoms with Crippen LogP contribution in [0.1, 0.15) is 46.6 Å². The molecule has 0 radical (unpaired) electrons. The molecule has 0 bridgehead atoms. The summed E-state index contributed by atoms with van der Waals surface area (Å²) in [5.74, 6) is 1.17. The highest BCUT2D eigenvalue weighted by molar-refractivity contribution is 5.54. The largest absolute Gasteiger partial charge is 0.508 e. The molecule has 2 nitrogen and oxygen atoms in total. The van der Waals surface area contributed by atoms with E-state index in [-0.39, 0.29) is 5.92 Å². The average molecular weight is 330 g/mol. The Kier molecular flexibility index (Phi) is 3.96. The molecule has 0 spiro atoms. The van der Waals surface area contributed by atoms with E-state index in [1.165, 1.54) is 27.8 Å². The van der Waals surface area contributed by atoms with Gasteiger partial charge in [-0.2, -0.15) is 0 Å². The lowest BCUT2D eigenvalue weighted by Crippen LogP contribution is -2.07. The molecule has 126 valence electrons. The number of phenols is 2. The molecule has 0 aliphatic heterocycles. The average Bonchev–Trinajstić information content (AvgIpc) is 3.01. The van der Waals surface area contributed by atoms with Gasteiger partial charge in [-0.15, -0.1) is 0 Å². The van der Waals surface area contributed by atoms with Crippen molar-refractivity contribution in [1.82, 2.24) is 0 Å². The van der Waals surface area contributed by atoms with Crippen LogP contribution in [0, 0.1) is 0 Å². The summed E-state index contributed by atoms with van der Waals surface area (Å²) in [6.07, 6.45) is 1.88. The van der Waals surface area contributed by atoms with E-state index in [1.807, 2.05) is 30.3 Å². The minimum atomic E-state index is 0.221. The second kappa shape index (κ2) is 6.29. The van der Waals surface area contributed by atoms with Gasteiger partial charge in [-0.1, -0.05) is 49.4 Å². The number of aryl methyl sites for hydroxylation is 1. The van der Waals surface area contributed by atoms with Gasteiger partial charge in [0, 0.05) is 5.92 Å². The van der Waals surface area contributed by atoms with Gasteiger partial charge >= 0.3 is 0 Å². The third-order valence-corrected chi connectivity index (χ3v) is 5.38. The Balaban J connectivity index is 1.89. The fraction of sp³-hybridized carbons (Fsp3) is 0.217. The Bertz CT molecular complexity index is 882. The summed E-state index contributed by atoms with van der Waals surface area (Å²) in [6.45, 7) is 2.14. The number of phenolic OH excluding ortho intramolecular Hbond substituents is 2. The summed E-state index contributed by atoms with van der Waals surface area (Å²) in [6, 6.07) is 21.9. The Morgan fingerprint density at radius 1 is 0.840 bits per heavy atom. The first-order chi connectivity index (χ1) is 12.2. The van der Waals surface area contributed by atoms with Crippen LogP contribution in [0.2, 0.25) is 0 Å². The molecule has 0 fully saturated rings. The third kappa shape index (κ3) is 2.78. The normalized spacial score (nSPS) is 18.9. The van der Waals surface area contributed by atoms with Crippen molar-refractivity contribution >= 4 is 0 Å². The number of hydrogen-bond donors (Lipinski definition) is 2. The molecule has 0 amide bonds. The van der Waals surface area contributed by atoms with Crippen LogP contribution in [-0.4, -0.2) is 10.2 Å². The van der Waals surface area contributed by atoms with Gasteiger partial charge in [0.25, 0.3) is 0 Å². The van der Waals surface area contributed by atoms with Gasteiger partial charge in [0.1, 0.15) is 11.5 Å². The van der Waals surface area contributed by atoms with Crippen molar-refractivity contribution in [3.8, 4) is 11.5 Å². The van der Waals surface area contributed by atoms with Gasteiger partial charge in [0.05, 0.1) is 0 Å². The van der Waals surface area contributed by atoms with Crippen LogP contribution in [0.3, 0.4) is 0 Å². The number of hydrogen-bond acceptors (Lipinski definition) is 2. The smallest absolute Gasteiger partial charge is 0.116 e. The minimum Gasteiger partial charge on any atom is -0.508 e. The Morgan fingerprint density at radius 3 is 2.24 bits per heavy atom. The summed E-state index contributed by atoms with van der Waals surface area (Å²) >= 11 is 0. The topological polar surface area (TPSA) is 40.5 Å². The molecule has 1 aliphatic rings. The monoisotopic (exact) mass is 330 g/mol. The van der Waals surface area contributed by atoms with E-state index in [0.29, 0.717) is 17.4 Å². The van der Waals surface area contributed by atoms with Crippen LogP contribution in [0.15, 0.2) is 66.7 Å². The summed E-state index contributed by atoms with van der Waals surface area (Å²) in [7, 11) is 0. The molecule has 0 heterocycles. The standard InChI is InChI=1S/C23H22O2/c1-2-15-12-19(25)13-22-20(15)14-21(16-8-10-18(24)11-9-16)23(22)17-6-4-3-5-7-17/h3-13,21,23-25H,2,14H2,1H3. The summed E-state index contributed by atoms with van der Waals surface area (Å²) < 4.78 is 0. The Labute approximate surface area is 148 Å². The first-order valence-corrected chi connectivity index (χ1v) is 8.86. The molecule has 3 aromatic rings. The van der Waals surface area contributed by atoms with Crippen LogP contribution in [-0.2, 0) is 12.8 Å². The number of benzene rings is 3. The molecule has 2 atom stereocenters. The molecular weight excluding hydrogens is 308 g/mol. The lowest BCUT2D eigenvalue weighted by molar-refractivity contribution is 0.473. The first kappa shape index (κ1) is 15.8. The molecule has 0 saturated carbocycles. The highest BCUT2D eigenvalue weighted by Crippen LogP contribution is 2.50. The van der Waals surface area contributed by atoms with Crippen LogP contribution < -0.4 is 0 Å². The second-order valence-electron chi connectivity index (χ2n) is 6.82. The van der Waals surface area contributed by atoms with Gasteiger partial charge in [-0.3, -0.25) is 0 Å². The highest BCUT2D eigenvalue weighted by Gasteiger charge is 2.36. The van der Waals surface area contributed by atoms with Crippen molar-refractivity contribution in [2.24, 2.45) is 0 Å². The fourth-order valence-corrected chi connectivity index (χ4v) is 4.24. The van der Waals surface area contributed by atoms with E-state index in [4.69, 9.17) is 0 Å². The van der Waals surface area contributed by atoms with Crippen LogP contribution in [0.5, 0.6) is 11.5 Å².